The molecule has 188 valence electrons. The number of allylic oxidation sites excluding steroid dienone is 1. The number of nitrogens with one attached hydrogen (secondary N) is 1. The number of aliphatic hydroxyl groups excluding tert-OH is 1. The van der Waals surface area contributed by atoms with Crippen LogP contribution in [0, 0.1) is 11.7 Å². The maximum atomic E-state index is 14.9. The van der Waals surface area contributed by atoms with Crippen LogP contribution in [0.4, 0.5) is 17.6 Å². The minimum absolute atomic E-state index is 0.0227. The van der Waals surface area contributed by atoms with Crippen LogP contribution in [0.25, 0.3) is 0 Å². The average molecular weight is 483 g/mol. The fraction of sp³-hybridized carbons (Fsp3) is 0.654. The molecule has 8 heteroatoms. The third-order valence-corrected chi connectivity index (χ3v) is 7.82. The Hall–Kier alpha value is -2.09. The van der Waals surface area contributed by atoms with Crippen LogP contribution in [0.1, 0.15) is 88.3 Å². The lowest BCUT2D eigenvalue weighted by molar-refractivity contribution is -0.137. The molecule has 1 aromatic carbocycles. The predicted molar refractivity (Wildman–Crippen MR) is 121 cm³/mol. The van der Waals surface area contributed by atoms with E-state index in [2.05, 4.69) is 5.32 Å². The largest absolute Gasteiger partial charge is 0.416 e. The minimum Gasteiger partial charge on any atom is -0.391 e. The molecule has 4 rings (SSSR count). The van der Waals surface area contributed by atoms with Gasteiger partial charge in [-0.05, 0) is 56.7 Å². The van der Waals surface area contributed by atoms with Crippen LogP contribution >= 0.6 is 0 Å². The zero-order valence-electron chi connectivity index (χ0n) is 19.6. The van der Waals surface area contributed by atoms with Gasteiger partial charge in [0.1, 0.15) is 5.82 Å². The van der Waals surface area contributed by atoms with Crippen molar-refractivity contribution in [3.05, 3.63) is 46.4 Å². The highest BCUT2D eigenvalue weighted by molar-refractivity contribution is 5.95. The van der Waals surface area contributed by atoms with Crippen LogP contribution in [0.15, 0.2) is 29.5 Å². The lowest BCUT2D eigenvalue weighted by atomic mass is 9.88. The van der Waals surface area contributed by atoms with Crippen LogP contribution in [0.3, 0.4) is 0 Å². The highest BCUT2D eigenvalue weighted by Gasteiger charge is 2.39. The van der Waals surface area contributed by atoms with E-state index in [1.165, 1.54) is 6.42 Å². The maximum Gasteiger partial charge on any atom is 0.416 e. The number of nitrogens with zero attached hydrogens (tertiary/aromatic N) is 1. The Labute approximate surface area is 198 Å². The third kappa shape index (κ3) is 5.42. The molecule has 1 amide bonds. The monoisotopic (exact) mass is 482 g/mol. The maximum absolute atomic E-state index is 14.9. The molecule has 1 aromatic rings. The summed E-state index contributed by atoms with van der Waals surface area (Å²) in [6.45, 7) is 2.40. The molecule has 34 heavy (non-hydrogen) atoms. The summed E-state index contributed by atoms with van der Waals surface area (Å²) in [5.41, 5.74) is 0.249. The van der Waals surface area contributed by atoms with Gasteiger partial charge in [0.25, 0.3) is 0 Å². The minimum atomic E-state index is -4.57. The molecule has 0 bridgehead atoms. The van der Waals surface area contributed by atoms with Crippen molar-refractivity contribution in [3.8, 4) is 0 Å². The summed E-state index contributed by atoms with van der Waals surface area (Å²) in [5.74, 6) is -0.640. The van der Waals surface area contributed by atoms with E-state index in [1.54, 1.807) is 6.92 Å². The Morgan fingerprint density at radius 3 is 2.44 bits per heavy atom. The highest BCUT2D eigenvalue weighted by atomic mass is 19.4. The summed E-state index contributed by atoms with van der Waals surface area (Å²) < 4.78 is 55.1. The lowest BCUT2D eigenvalue weighted by Crippen LogP contribution is -2.45. The zero-order valence-corrected chi connectivity index (χ0v) is 19.6. The van der Waals surface area contributed by atoms with Crippen molar-refractivity contribution in [2.45, 2.75) is 95.5 Å². The smallest absolute Gasteiger partial charge is 0.391 e. The molecular weight excluding hydrogens is 448 g/mol. The van der Waals surface area contributed by atoms with Gasteiger partial charge in [-0.2, -0.15) is 13.2 Å². The number of benzene rings is 1. The van der Waals surface area contributed by atoms with E-state index < -0.39 is 29.7 Å². The number of rotatable bonds is 5. The summed E-state index contributed by atoms with van der Waals surface area (Å²) in [6.07, 6.45) is 3.57. The van der Waals surface area contributed by atoms with Crippen molar-refractivity contribution in [1.29, 1.82) is 0 Å². The number of alkyl halides is 3. The number of hydrogen-bond acceptors (Lipinski definition) is 3. The first-order chi connectivity index (χ1) is 16.1. The second kappa shape index (κ2) is 10.3. The molecule has 2 fully saturated rings. The first-order valence-corrected chi connectivity index (χ1v) is 12.5. The van der Waals surface area contributed by atoms with Crippen molar-refractivity contribution in [3.63, 3.8) is 0 Å². The van der Waals surface area contributed by atoms with Gasteiger partial charge in [0.15, 0.2) is 0 Å². The fourth-order valence-corrected chi connectivity index (χ4v) is 5.82. The first kappa shape index (κ1) is 25.0. The summed E-state index contributed by atoms with van der Waals surface area (Å²) in [4.78, 5) is 15.2. The van der Waals surface area contributed by atoms with Crippen LogP contribution in [0.5, 0.6) is 0 Å². The summed E-state index contributed by atoms with van der Waals surface area (Å²) in [5, 5.41) is 13.2. The SMILES string of the molecule is CC1=C(C(=O)N[C@H]2CCCC[C@@H]2O)CC(c2cc(C(F)(F)F)ccc2F)N1CC1CCCCC1. The standard InChI is InChI=1S/C26H34F4N2O2/c1-16-19(25(34)31-22-9-5-6-10-24(22)33)14-23(32(16)15-17-7-3-2-4-8-17)20-13-18(26(28,29)30)11-12-21(20)27/h11-13,17,22-24,33H,2-10,14-15H2,1H3,(H,31,34)/t22-,23?,24-/m0/s1. The van der Waals surface area contributed by atoms with Crippen molar-refractivity contribution >= 4 is 5.91 Å². The number of carbonyl (C=O) groups is 1. The molecule has 2 N–H and O–H groups in total. The van der Waals surface area contributed by atoms with Gasteiger partial charge in [-0.25, -0.2) is 4.39 Å². The van der Waals surface area contributed by atoms with Crippen LogP contribution in [-0.4, -0.2) is 34.6 Å². The molecule has 1 heterocycles. The van der Waals surface area contributed by atoms with Gasteiger partial charge in [-0.15, -0.1) is 0 Å². The number of hydrogen-bond donors (Lipinski definition) is 2. The normalized spacial score (nSPS) is 26.8. The molecule has 0 radical (unpaired) electrons. The van der Waals surface area contributed by atoms with E-state index in [4.69, 9.17) is 0 Å². The predicted octanol–water partition coefficient (Wildman–Crippen LogP) is 5.87. The van der Waals surface area contributed by atoms with E-state index in [0.29, 0.717) is 36.6 Å². The summed E-state index contributed by atoms with van der Waals surface area (Å²) in [7, 11) is 0. The van der Waals surface area contributed by atoms with Crippen LogP contribution in [0.2, 0.25) is 0 Å². The van der Waals surface area contributed by atoms with E-state index in [0.717, 1.165) is 56.7 Å². The second-order valence-corrected chi connectivity index (χ2v) is 10.1. The molecule has 3 aliphatic rings. The van der Waals surface area contributed by atoms with Gasteiger partial charge in [-0.1, -0.05) is 32.1 Å². The van der Waals surface area contributed by atoms with Crippen LogP contribution in [-0.2, 0) is 11.0 Å². The Morgan fingerprint density at radius 2 is 1.76 bits per heavy atom. The van der Waals surface area contributed by atoms with Crippen molar-refractivity contribution in [2.75, 3.05) is 6.54 Å². The topological polar surface area (TPSA) is 52.6 Å². The molecule has 0 saturated heterocycles. The lowest BCUT2D eigenvalue weighted by Gasteiger charge is -2.34. The van der Waals surface area contributed by atoms with Gasteiger partial charge in [-0.3, -0.25) is 4.79 Å². The van der Waals surface area contributed by atoms with Gasteiger partial charge < -0.3 is 15.3 Å². The Bertz CT molecular complexity index is 924. The molecule has 1 aliphatic heterocycles. The van der Waals surface area contributed by atoms with Crippen LogP contribution < -0.4 is 5.32 Å². The molecule has 2 aliphatic carbocycles. The van der Waals surface area contributed by atoms with E-state index in [-0.39, 0.29) is 23.9 Å². The highest BCUT2D eigenvalue weighted by Crippen LogP contribution is 2.43. The van der Waals surface area contributed by atoms with E-state index >= 15 is 0 Å². The average Bonchev–Trinajstić information content (AvgIpc) is 3.11. The number of amides is 1. The molecule has 4 nitrogen and oxygen atoms in total. The molecule has 1 unspecified atom stereocenters. The van der Waals surface area contributed by atoms with Crippen molar-refractivity contribution in [1.82, 2.24) is 10.2 Å². The first-order valence-electron chi connectivity index (χ1n) is 12.5. The second-order valence-electron chi connectivity index (χ2n) is 10.1. The molecular formula is C26H34F4N2O2. The van der Waals surface area contributed by atoms with E-state index in [9.17, 15) is 27.5 Å². The Kier molecular flexibility index (Phi) is 7.55. The van der Waals surface area contributed by atoms with Gasteiger partial charge in [0, 0.05) is 29.8 Å². The third-order valence-electron chi connectivity index (χ3n) is 7.82. The van der Waals surface area contributed by atoms with Gasteiger partial charge in [0.2, 0.25) is 5.91 Å². The van der Waals surface area contributed by atoms with Crippen molar-refractivity contribution < 1.29 is 27.5 Å². The Balaban J connectivity index is 1.63. The number of halogens is 4. The summed E-state index contributed by atoms with van der Waals surface area (Å²) in [6, 6.07) is 1.53. The molecule has 0 spiro atoms. The van der Waals surface area contributed by atoms with Gasteiger partial charge >= 0.3 is 6.18 Å². The molecule has 0 aromatic heterocycles. The molecule has 2 saturated carbocycles. The Morgan fingerprint density at radius 1 is 1.09 bits per heavy atom. The number of aliphatic hydroxyl groups is 1. The summed E-state index contributed by atoms with van der Waals surface area (Å²) >= 11 is 0. The fourth-order valence-electron chi connectivity index (χ4n) is 5.82. The van der Waals surface area contributed by atoms with Crippen molar-refractivity contribution in [2.24, 2.45) is 5.92 Å². The van der Waals surface area contributed by atoms with E-state index in [1.807, 2.05) is 4.90 Å². The van der Waals surface area contributed by atoms with Gasteiger partial charge in [0.05, 0.1) is 23.8 Å². The zero-order chi connectivity index (χ0) is 24.5. The number of carbonyl (C=O) groups excluding carboxylic acids is 1. The molecule has 3 atom stereocenters. The quantitative estimate of drug-likeness (QED) is 0.517.